The summed E-state index contributed by atoms with van der Waals surface area (Å²) in [6.45, 7) is -0.446. The molecule has 1 N–H and O–H groups in total. The van der Waals surface area contributed by atoms with Gasteiger partial charge in [-0.3, -0.25) is 14.9 Å². The van der Waals surface area contributed by atoms with Crippen molar-refractivity contribution >= 4 is 23.3 Å². The first kappa shape index (κ1) is 12.9. The number of benzene rings is 1. The Kier molecular flexibility index (Phi) is 3.38. The second-order valence-electron chi connectivity index (χ2n) is 3.48. The Hall–Kier alpha value is -2.55. The van der Waals surface area contributed by atoms with Gasteiger partial charge in [0.2, 0.25) is 0 Å². The maximum atomic E-state index is 10.8. The van der Waals surface area contributed by atoms with E-state index in [1.54, 1.807) is 0 Å². The summed E-state index contributed by atoms with van der Waals surface area (Å²) in [5.74, 6) is -1.01. The van der Waals surface area contributed by atoms with E-state index >= 15 is 0 Å². The van der Waals surface area contributed by atoms with Crippen molar-refractivity contribution in [3.05, 3.63) is 33.3 Å². The van der Waals surface area contributed by atoms with Crippen LogP contribution in [0.25, 0.3) is 11.4 Å². The third kappa shape index (κ3) is 2.65. The SMILES string of the molecule is O=C(O)Cn1nnnc1-c1ccc(Cl)c([N+](=O)[O-])c1. The average Bonchev–Trinajstić information content (AvgIpc) is 2.76. The van der Waals surface area contributed by atoms with Gasteiger partial charge in [-0.2, -0.15) is 0 Å². The molecule has 98 valence electrons. The lowest BCUT2D eigenvalue weighted by molar-refractivity contribution is -0.384. The standard InChI is InChI=1S/C9H6ClN5O4/c10-6-2-1-5(3-7(6)15(18)19)9-11-12-13-14(9)4-8(16)17/h1-3H,4H2,(H,16,17). The molecular formula is C9H6ClN5O4. The first-order chi connectivity index (χ1) is 8.99. The normalized spacial score (nSPS) is 10.4. The average molecular weight is 284 g/mol. The Morgan fingerprint density at radius 1 is 1.53 bits per heavy atom. The lowest BCUT2D eigenvalue weighted by Gasteiger charge is -2.02. The molecule has 0 aliphatic heterocycles. The van der Waals surface area contributed by atoms with Crippen molar-refractivity contribution in [1.82, 2.24) is 20.2 Å². The molecule has 9 nitrogen and oxygen atoms in total. The number of carbonyl (C=O) groups is 1. The quantitative estimate of drug-likeness (QED) is 0.655. The van der Waals surface area contributed by atoms with Gasteiger partial charge >= 0.3 is 5.97 Å². The van der Waals surface area contributed by atoms with Crippen molar-refractivity contribution < 1.29 is 14.8 Å². The van der Waals surface area contributed by atoms with Crippen LogP contribution in [0, 0.1) is 10.1 Å². The van der Waals surface area contributed by atoms with Crippen LogP contribution in [0.4, 0.5) is 5.69 Å². The van der Waals surface area contributed by atoms with Crippen LogP contribution in [0.1, 0.15) is 0 Å². The zero-order chi connectivity index (χ0) is 14.0. The van der Waals surface area contributed by atoms with Crippen molar-refractivity contribution in [2.45, 2.75) is 6.54 Å². The molecule has 0 saturated heterocycles. The van der Waals surface area contributed by atoms with E-state index in [-0.39, 0.29) is 16.5 Å². The van der Waals surface area contributed by atoms with Gasteiger partial charge in [-0.05, 0) is 22.6 Å². The highest BCUT2D eigenvalue weighted by molar-refractivity contribution is 6.32. The van der Waals surface area contributed by atoms with E-state index in [9.17, 15) is 14.9 Å². The van der Waals surface area contributed by atoms with Crippen LogP contribution in [0.3, 0.4) is 0 Å². The Morgan fingerprint density at radius 3 is 2.89 bits per heavy atom. The summed E-state index contributed by atoms with van der Waals surface area (Å²) >= 11 is 5.68. The third-order valence-electron chi connectivity index (χ3n) is 2.22. The Bertz CT molecular complexity index is 656. The molecule has 19 heavy (non-hydrogen) atoms. The Balaban J connectivity index is 2.48. The number of nitro groups is 1. The summed E-state index contributed by atoms with van der Waals surface area (Å²) in [4.78, 5) is 20.8. The molecule has 0 saturated carbocycles. The van der Waals surface area contributed by atoms with E-state index in [1.165, 1.54) is 18.2 Å². The highest BCUT2D eigenvalue weighted by Crippen LogP contribution is 2.29. The number of aliphatic carboxylic acids is 1. The molecule has 1 heterocycles. The van der Waals surface area contributed by atoms with Gasteiger partial charge in [0.25, 0.3) is 5.69 Å². The van der Waals surface area contributed by atoms with Crippen molar-refractivity contribution in [3.63, 3.8) is 0 Å². The van der Waals surface area contributed by atoms with E-state index in [1.807, 2.05) is 0 Å². The maximum Gasteiger partial charge on any atom is 0.325 e. The monoisotopic (exact) mass is 283 g/mol. The molecule has 2 aromatic rings. The minimum atomic E-state index is -1.13. The first-order valence-corrected chi connectivity index (χ1v) is 5.29. The second-order valence-corrected chi connectivity index (χ2v) is 3.88. The van der Waals surface area contributed by atoms with Crippen molar-refractivity contribution in [2.75, 3.05) is 0 Å². The zero-order valence-corrected chi connectivity index (χ0v) is 9.98. The molecule has 0 amide bonds. The largest absolute Gasteiger partial charge is 0.480 e. The molecule has 0 bridgehead atoms. The molecule has 0 atom stereocenters. The molecule has 0 fully saturated rings. The number of nitro benzene ring substituents is 1. The van der Waals surface area contributed by atoms with E-state index in [4.69, 9.17) is 16.7 Å². The summed E-state index contributed by atoms with van der Waals surface area (Å²) < 4.78 is 1.02. The number of hydrogen-bond acceptors (Lipinski definition) is 6. The van der Waals surface area contributed by atoms with Gasteiger partial charge in [0.05, 0.1) is 4.92 Å². The van der Waals surface area contributed by atoms with E-state index in [2.05, 4.69) is 15.5 Å². The van der Waals surface area contributed by atoms with Gasteiger partial charge in [-0.15, -0.1) is 5.10 Å². The highest BCUT2D eigenvalue weighted by atomic mass is 35.5. The van der Waals surface area contributed by atoms with E-state index < -0.39 is 17.4 Å². The first-order valence-electron chi connectivity index (χ1n) is 4.91. The van der Waals surface area contributed by atoms with Crippen LogP contribution in [0.15, 0.2) is 18.2 Å². The molecular weight excluding hydrogens is 278 g/mol. The fraction of sp³-hybridized carbons (Fsp3) is 0.111. The van der Waals surface area contributed by atoms with Crippen LogP contribution < -0.4 is 0 Å². The fourth-order valence-electron chi connectivity index (χ4n) is 1.44. The third-order valence-corrected chi connectivity index (χ3v) is 2.54. The molecule has 10 heteroatoms. The van der Waals surface area contributed by atoms with Gasteiger partial charge in [0.1, 0.15) is 11.6 Å². The van der Waals surface area contributed by atoms with Gasteiger partial charge < -0.3 is 5.11 Å². The smallest absolute Gasteiger partial charge is 0.325 e. The predicted octanol–water partition coefficient (Wildman–Crippen LogP) is 0.986. The van der Waals surface area contributed by atoms with Crippen LogP contribution in [-0.2, 0) is 11.3 Å². The summed E-state index contributed by atoms with van der Waals surface area (Å²) in [5, 5.41) is 29.9. The molecule has 1 aromatic carbocycles. The van der Waals surface area contributed by atoms with Gasteiger partial charge in [0.15, 0.2) is 5.82 Å². The van der Waals surface area contributed by atoms with Crippen LogP contribution >= 0.6 is 11.6 Å². The van der Waals surface area contributed by atoms with E-state index in [0.717, 1.165) is 4.68 Å². The predicted molar refractivity (Wildman–Crippen MR) is 62.6 cm³/mol. The number of halogens is 1. The number of rotatable bonds is 4. The number of carboxylic acids is 1. The van der Waals surface area contributed by atoms with E-state index in [0.29, 0.717) is 5.56 Å². The fourth-order valence-corrected chi connectivity index (χ4v) is 1.62. The molecule has 0 aliphatic rings. The van der Waals surface area contributed by atoms with Crippen molar-refractivity contribution in [2.24, 2.45) is 0 Å². The van der Waals surface area contributed by atoms with Crippen LogP contribution in [0.5, 0.6) is 0 Å². The molecule has 0 unspecified atom stereocenters. The van der Waals surface area contributed by atoms with Gasteiger partial charge in [0, 0.05) is 11.6 Å². The minimum absolute atomic E-state index is 0.0222. The highest BCUT2D eigenvalue weighted by Gasteiger charge is 2.17. The van der Waals surface area contributed by atoms with Gasteiger partial charge in [-0.1, -0.05) is 11.6 Å². The number of nitrogens with zero attached hydrogens (tertiary/aromatic N) is 5. The summed E-state index contributed by atoms with van der Waals surface area (Å²) in [5.41, 5.74) is 0.00592. The lowest BCUT2D eigenvalue weighted by atomic mass is 10.2. The zero-order valence-electron chi connectivity index (χ0n) is 9.23. The number of tetrazole rings is 1. The summed E-state index contributed by atoms with van der Waals surface area (Å²) in [6, 6.07) is 3.99. The number of aromatic nitrogens is 4. The molecule has 2 rings (SSSR count). The van der Waals surface area contributed by atoms with Crippen LogP contribution in [0.2, 0.25) is 5.02 Å². The maximum absolute atomic E-state index is 10.8. The summed E-state index contributed by atoms with van der Waals surface area (Å²) in [6.07, 6.45) is 0. The van der Waals surface area contributed by atoms with Crippen LogP contribution in [-0.4, -0.2) is 36.2 Å². The Morgan fingerprint density at radius 2 is 2.26 bits per heavy atom. The van der Waals surface area contributed by atoms with Crippen molar-refractivity contribution in [3.8, 4) is 11.4 Å². The topological polar surface area (TPSA) is 124 Å². The summed E-state index contributed by atoms with van der Waals surface area (Å²) in [7, 11) is 0. The number of hydrogen-bond donors (Lipinski definition) is 1. The molecule has 1 aromatic heterocycles. The molecule has 0 spiro atoms. The minimum Gasteiger partial charge on any atom is -0.480 e. The number of carboxylic acid groups (broad SMARTS) is 1. The second kappa shape index (κ2) is 4.98. The van der Waals surface area contributed by atoms with Gasteiger partial charge in [-0.25, -0.2) is 4.68 Å². The molecule has 0 radical (unpaired) electrons. The Labute approximate surface area is 110 Å². The molecule has 0 aliphatic carbocycles. The lowest BCUT2D eigenvalue weighted by Crippen LogP contribution is -2.11. The van der Waals surface area contributed by atoms with Crippen molar-refractivity contribution in [1.29, 1.82) is 0 Å².